The highest BCUT2D eigenvalue weighted by Crippen LogP contribution is 2.13. The van der Waals surface area contributed by atoms with E-state index in [1.54, 1.807) is 6.08 Å². The summed E-state index contributed by atoms with van der Waals surface area (Å²) in [5, 5.41) is 0. The lowest BCUT2D eigenvalue weighted by atomic mass is 10.1. The zero-order valence-corrected chi connectivity index (χ0v) is 18.1. The summed E-state index contributed by atoms with van der Waals surface area (Å²) in [6.45, 7) is 8.12. The van der Waals surface area contributed by atoms with Crippen LogP contribution < -0.4 is 0 Å². The van der Waals surface area contributed by atoms with Gasteiger partial charge in [0.15, 0.2) is 0 Å². The van der Waals surface area contributed by atoms with E-state index >= 15 is 0 Å². The zero-order chi connectivity index (χ0) is 20.5. The highest BCUT2D eigenvalue weighted by Gasteiger charge is 2.07. The lowest BCUT2D eigenvalue weighted by Gasteiger charge is -2.12. The molecule has 1 unspecified atom stereocenters. The molecule has 4 nitrogen and oxygen atoms in total. The van der Waals surface area contributed by atoms with Crippen molar-refractivity contribution in [2.24, 2.45) is 0 Å². The van der Waals surface area contributed by atoms with Gasteiger partial charge < -0.3 is 9.47 Å². The number of allylic oxidation sites excluding steroid dienone is 2. The van der Waals surface area contributed by atoms with Crippen LogP contribution in [0.25, 0.3) is 0 Å². The predicted octanol–water partition coefficient (Wildman–Crippen LogP) is 6.29. The Bertz CT molecular complexity index is 477. The topological polar surface area (TPSA) is 52.6 Å². The highest BCUT2D eigenvalue weighted by molar-refractivity contribution is 5.82. The smallest absolute Gasteiger partial charge is 0.330 e. The number of unbranched alkanes of at least 4 members (excludes halogenated alkanes) is 6. The van der Waals surface area contributed by atoms with E-state index in [0.717, 1.165) is 49.7 Å². The van der Waals surface area contributed by atoms with Crippen molar-refractivity contribution in [1.29, 1.82) is 0 Å². The van der Waals surface area contributed by atoms with Crippen LogP contribution in [0.15, 0.2) is 23.3 Å². The fraction of sp³-hybridized carbons (Fsp3) is 0.739. The maximum absolute atomic E-state index is 12.0. The van der Waals surface area contributed by atoms with Crippen LogP contribution in [0, 0.1) is 0 Å². The van der Waals surface area contributed by atoms with Gasteiger partial charge in [-0.2, -0.15) is 0 Å². The number of hydrogen-bond donors (Lipinski definition) is 0. The van der Waals surface area contributed by atoms with E-state index in [4.69, 9.17) is 4.74 Å². The maximum atomic E-state index is 12.0. The molecule has 0 bridgehead atoms. The zero-order valence-electron chi connectivity index (χ0n) is 18.1. The van der Waals surface area contributed by atoms with Crippen LogP contribution in [-0.4, -0.2) is 25.2 Å². The summed E-state index contributed by atoms with van der Waals surface area (Å²) in [4.78, 5) is 23.1. The molecule has 1 atom stereocenters. The van der Waals surface area contributed by atoms with Gasteiger partial charge in [-0.3, -0.25) is 4.79 Å². The summed E-state index contributed by atoms with van der Waals surface area (Å²) in [6, 6.07) is 0. The van der Waals surface area contributed by atoms with Crippen molar-refractivity contribution < 1.29 is 19.1 Å². The van der Waals surface area contributed by atoms with E-state index < -0.39 is 0 Å². The Morgan fingerprint density at radius 3 is 2.33 bits per heavy atom. The van der Waals surface area contributed by atoms with Crippen LogP contribution in [0.1, 0.15) is 98.3 Å². The molecule has 27 heavy (non-hydrogen) atoms. The number of ether oxygens (including phenoxy) is 2. The molecule has 0 radical (unpaired) electrons. The van der Waals surface area contributed by atoms with E-state index in [9.17, 15) is 9.59 Å². The molecule has 0 spiro atoms. The Labute approximate surface area is 166 Å². The van der Waals surface area contributed by atoms with Crippen molar-refractivity contribution in [3.05, 3.63) is 23.3 Å². The second-order valence-electron chi connectivity index (χ2n) is 7.49. The Morgan fingerprint density at radius 1 is 0.963 bits per heavy atom. The quantitative estimate of drug-likeness (QED) is 0.145. The van der Waals surface area contributed by atoms with Crippen molar-refractivity contribution >= 4 is 11.9 Å². The van der Waals surface area contributed by atoms with Crippen LogP contribution in [0.2, 0.25) is 0 Å². The molecule has 4 heteroatoms. The van der Waals surface area contributed by atoms with Gasteiger partial charge in [-0.15, -0.1) is 0 Å². The van der Waals surface area contributed by atoms with E-state index in [-0.39, 0.29) is 18.0 Å². The van der Waals surface area contributed by atoms with Gasteiger partial charge in [-0.25, -0.2) is 4.79 Å². The second-order valence-corrected chi connectivity index (χ2v) is 7.49. The Kier molecular flexibility index (Phi) is 15.6. The summed E-state index contributed by atoms with van der Waals surface area (Å²) in [7, 11) is 1.41. The molecule has 0 aromatic heterocycles. The van der Waals surface area contributed by atoms with Gasteiger partial charge in [0.2, 0.25) is 0 Å². The fourth-order valence-corrected chi connectivity index (χ4v) is 2.87. The van der Waals surface area contributed by atoms with Gasteiger partial charge in [0.1, 0.15) is 0 Å². The van der Waals surface area contributed by atoms with Crippen LogP contribution in [0.3, 0.4) is 0 Å². The van der Waals surface area contributed by atoms with Crippen LogP contribution >= 0.6 is 0 Å². The van der Waals surface area contributed by atoms with Gasteiger partial charge in [0, 0.05) is 6.08 Å². The van der Waals surface area contributed by atoms with E-state index in [2.05, 4.69) is 17.7 Å². The molecule has 0 aliphatic heterocycles. The third-order valence-corrected chi connectivity index (χ3v) is 4.56. The third-order valence-electron chi connectivity index (χ3n) is 4.56. The number of carbonyl (C=O) groups is 2. The van der Waals surface area contributed by atoms with Gasteiger partial charge in [0.05, 0.1) is 19.6 Å². The van der Waals surface area contributed by atoms with E-state index in [0.29, 0.717) is 6.42 Å². The highest BCUT2D eigenvalue weighted by atomic mass is 16.5. The van der Waals surface area contributed by atoms with Crippen molar-refractivity contribution in [2.45, 2.75) is 104 Å². The maximum Gasteiger partial charge on any atom is 0.330 e. The number of esters is 2. The van der Waals surface area contributed by atoms with Crippen molar-refractivity contribution in [3.63, 3.8) is 0 Å². The Morgan fingerprint density at radius 2 is 1.67 bits per heavy atom. The molecule has 156 valence electrons. The van der Waals surface area contributed by atoms with Gasteiger partial charge in [-0.1, -0.05) is 49.8 Å². The van der Waals surface area contributed by atoms with Crippen LogP contribution in [0.4, 0.5) is 0 Å². The first-order chi connectivity index (χ1) is 12.9. The predicted molar refractivity (Wildman–Crippen MR) is 112 cm³/mol. The largest absolute Gasteiger partial charge is 0.469 e. The average molecular weight is 381 g/mol. The van der Waals surface area contributed by atoms with Crippen LogP contribution in [-0.2, 0) is 19.1 Å². The van der Waals surface area contributed by atoms with Crippen molar-refractivity contribution in [1.82, 2.24) is 0 Å². The number of methoxy groups -OCH3 is 1. The van der Waals surface area contributed by atoms with Gasteiger partial charge >= 0.3 is 11.9 Å². The lowest BCUT2D eigenvalue weighted by molar-refractivity contribution is -0.142. The summed E-state index contributed by atoms with van der Waals surface area (Å²) < 4.78 is 10.1. The normalized spacial score (nSPS) is 13.4. The fourth-order valence-electron chi connectivity index (χ4n) is 2.87. The minimum atomic E-state index is -0.220. The molecule has 0 saturated heterocycles. The second kappa shape index (κ2) is 16.6. The molecule has 0 aliphatic carbocycles. The summed E-state index contributed by atoms with van der Waals surface area (Å²) in [5.41, 5.74) is 2.14. The van der Waals surface area contributed by atoms with Crippen LogP contribution in [0.5, 0.6) is 0 Å². The summed E-state index contributed by atoms with van der Waals surface area (Å²) in [6.07, 6.45) is 15.0. The molecule has 0 saturated carbocycles. The molecule has 0 rings (SSSR count). The molecule has 0 aliphatic rings. The summed E-state index contributed by atoms with van der Waals surface area (Å²) in [5.74, 6) is -0.420. The standard InChI is InChI=1S/C23H40O4/c1-6-7-8-9-11-14-20(3)18-23(25)27-21(4)16-13-10-12-15-19(2)17-22(24)26-5/h15,18,21H,6-14,16-17H2,1-5H3/b19-15-,20-18-. The molecule has 0 fully saturated rings. The van der Waals surface area contributed by atoms with Gasteiger partial charge in [-0.05, 0) is 59.3 Å². The van der Waals surface area contributed by atoms with Crippen molar-refractivity contribution in [3.8, 4) is 0 Å². The van der Waals surface area contributed by atoms with E-state index in [1.165, 1.54) is 32.8 Å². The average Bonchev–Trinajstić information content (AvgIpc) is 2.60. The molecular weight excluding hydrogens is 340 g/mol. The minimum Gasteiger partial charge on any atom is -0.469 e. The molecule has 0 aromatic rings. The Hall–Kier alpha value is -1.58. The first kappa shape index (κ1) is 25.4. The third kappa shape index (κ3) is 16.3. The first-order valence-corrected chi connectivity index (χ1v) is 10.5. The van der Waals surface area contributed by atoms with Gasteiger partial charge in [0.25, 0.3) is 0 Å². The molecule has 0 heterocycles. The summed E-state index contributed by atoms with van der Waals surface area (Å²) >= 11 is 0. The monoisotopic (exact) mass is 380 g/mol. The first-order valence-electron chi connectivity index (χ1n) is 10.5. The lowest BCUT2D eigenvalue weighted by Crippen LogP contribution is -2.13. The SMILES string of the molecule is CCCCCCC/C(C)=C\C(=O)OC(C)CCCC/C=C(/C)CC(=O)OC. The Balaban J connectivity index is 3.89. The number of carbonyl (C=O) groups excluding carboxylic acids is 2. The molecule has 0 aromatic carbocycles. The molecule has 0 N–H and O–H groups in total. The van der Waals surface area contributed by atoms with E-state index in [1.807, 2.05) is 20.8 Å². The minimum absolute atomic E-state index is 0.0637. The van der Waals surface area contributed by atoms with Crippen molar-refractivity contribution in [2.75, 3.05) is 7.11 Å². The number of rotatable bonds is 15. The number of hydrogen-bond acceptors (Lipinski definition) is 4. The molecular formula is C23H40O4. The molecule has 0 amide bonds.